The molecule has 3 aromatic rings. The van der Waals surface area contributed by atoms with Crippen molar-refractivity contribution in [2.45, 2.75) is 6.17 Å². The van der Waals surface area contributed by atoms with E-state index in [1.165, 1.54) is 29.2 Å². The Kier molecular flexibility index (Phi) is 5.26. The van der Waals surface area contributed by atoms with Gasteiger partial charge in [0.05, 0.1) is 11.4 Å². The fourth-order valence-electron chi connectivity index (χ4n) is 3.27. The second-order valence-electron chi connectivity index (χ2n) is 6.77. The maximum atomic E-state index is 13.1. The molecule has 1 atom stereocenters. The number of nitrogens with zero attached hydrogens (tertiary/aromatic N) is 2. The Bertz CT molecular complexity index is 1110. The van der Waals surface area contributed by atoms with E-state index in [9.17, 15) is 14.0 Å². The van der Waals surface area contributed by atoms with E-state index in [1.807, 2.05) is 54.6 Å². The molecule has 3 aromatic carbocycles. The largest absolute Gasteiger partial charge is 0.321 e. The lowest BCUT2D eigenvalue weighted by molar-refractivity contribution is -0.119. The highest BCUT2D eigenvalue weighted by atomic mass is 19.1. The van der Waals surface area contributed by atoms with Crippen molar-refractivity contribution in [1.82, 2.24) is 5.32 Å². The number of likely N-dealkylation sites (N-methyl/N-ethyl adjacent to an activating group) is 1. The smallest absolute Gasteiger partial charge is 0.311 e. The number of nitrogens with one attached hydrogen (secondary N) is 2. The normalized spacial score (nSPS) is 15.7. The third-order valence-corrected chi connectivity index (χ3v) is 4.76. The molecule has 0 saturated carbocycles. The van der Waals surface area contributed by atoms with Crippen LogP contribution in [0.5, 0.6) is 0 Å². The molecule has 0 aromatic heterocycles. The first kappa shape index (κ1) is 19.3. The van der Waals surface area contributed by atoms with Gasteiger partial charge in [0, 0.05) is 23.9 Å². The Morgan fingerprint density at radius 3 is 2.37 bits per heavy atom. The lowest BCUT2D eigenvalue weighted by Crippen LogP contribution is -2.47. The lowest BCUT2D eigenvalue weighted by Gasteiger charge is -2.21. The van der Waals surface area contributed by atoms with Crippen LogP contribution >= 0.6 is 0 Å². The van der Waals surface area contributed by atoms with Gasteiger partial charge >= 0.3 is 6.03 Å². The summed E-state index contributed by atoms with van der Waals surface area (Å²) in [6.45, 7) is 0. The van der Waals surface area contributed by atoms with Gasteiger partial charge in [-0.3, -0.25) is 4.79 Å². The number of aliphatic imine (C=N–C) groups is 1. The van der Waals surface area contributed by atoms with Crippen LogP contribution in [-0.4, -0.2) is 30.9 Å². The van der Waals surface area contributed by atoms with E-state index in [4.69, 9.17) is 0 Å². The van der Waals surface area contributed by atoms with Gasteiger partial charge in [-0.25, -0.2) is 14.2 Å². The molecule has 0 aliphatic carbocycles. The highest BCUT2D eigenvalue weighted by Crippen LogP contribution is 2.27. The van der Waals surface area contributed by atoms with Crippen LogP contribution in [0.1, 0.15) is 11.1 Å². The number of carbonyl (C=O) groups excluding carboxylic acids is 2. The summed E-state index contributed by atoms with van der Waals surface area (Å²) in [5.74, 6) is -0.779. The number of hydrogen-bond acceptors (Lipinski definition) is 3. The van der Waals surface area contributed by atoms with Crippen molar-refractivity contribution >= 4 is 29.0 Å². The second kappa shape index (κ2) is 8.16. The van der Waals surface area contributed by atoms with E-state index < -0.39 is 18.0 Å². The number of anilines is 2. The van der Waals surface area contributed by atoms with E-state index in [-0.39, 0.29) is 5.91 Å². The fourth-order valence-corrected chi connectivity index (χ4v) is 3.27. The molecule has 0 bridgehead atoms. The van der Waals surface area contributed by atoms with Crippen molar-refractivity contribution in [2.24, 2.45) is 4.99 Å². The van der Waals surface area contributed by atoms with Gasteiger partial charge in [0.2, 0.25) is 6.17 Å². The van der Waals surface area contributed by atoms with E-state index in [0.717, 1.165) is 11.1 Å². The number of hydrogen-bond donors (Lipinski definition) is 2. The second-order valence-corrected chi connectivity index (χ2v) is 6.77. The minimum atomic E-state index is -1.13. The number of urea groups is 1. The first-order chi connectivity index (χ1) is 14.5. The highest BCUT2D eigenvalue weighted by Gasteiger charge is 2.30. The summed E-state index contributed by atoms with van der Waals surface area (Å²) in [6.07, 6.45) is -1.13. The fraction of sp³-hybridized carbons (Fsp3) is 0.0870. The average molecular weight is 402 g/mol. The highest BCUT2D eigenvalue weighted by molar-refractivity contribution is 6.20. The molecule has 0 saturated heterocycles. The van der Waals surface area contributed by atoms with E-state index >= 15 is 0 Å². The minimum Gasteiger partial charge on any atom is -0.311 e. The Labute approximate surface area is 173 Å². The average Bonchev–Trinajstić information content (AvgIpc) is 2.87. The SMILES string of the molecule is CN1C(=O)C(NC(=O)Nc2ccc(F)cc2)N=C(c2ccccc2)c2ccccc21. The Balaban J connectivity index is 1.68. The summed E-state index contributed by atoms with van der Waals surface area (Å²) in [6, 6.07) is 21.7. The van der Waals surface area contributed by atoms with Crippen LogP contribution in [-0.2, 0) is 4.79 Å². The lowest BCUT2D eigenvalue weighted by atomic mass is 10.0. The van der Waals surface area contributed by atoms with Crippen molar-refractivity contribution in [2.75, 3.05) is 17.3 Å². The summed E-state index contributed by atoms with van der Waals surface area (Å²) >= 11 is 0. The predicted molar refractivity (Wildman–Crippen MR) is 114 cm³/mol. The third-order valence-electron chi connectivity index (χ3n) is 4.76. The van der Waals surface area contributed by atoms with Crippen LogP contribution in [0.3, 0.4) is 0 Å². The Hall–Kier alpha value is -4.00. The van der Waals surface area contributed by atoms with Gasteiger partial charge in [0.25, 0.3) is 5.91 Å². The number of amides is 3. The van der Waals surface area contributed by atoms with E-state index in [0.29, 0.717) is 17.1 Å². The molecule has 1 heterocycles. The number of carbonyl (C=O) groups is 2. The molecule has 2 N–H and O–H groups in total. The van der Waals surface area contributed by atoms with Crippen molar-refractivity contribution in [1.29, 1.82) is 0 Å². The number of benzodiazepines with no additional fused rings is 1. The summed E-state index contributed by atoms with van der Waals surface area (Å²) in [7, 11) is 1.65. The summed E-state index contributed by atoms with van der Waals surface area (Å²) in [5.41, 5.74) is 3.34. The van der Waals surface area contributed by atoms with Crippen LogP contribution in [0, 0.1) is 5.82 Å². The van der Waals surface area contributed by atoms with Gasteiger partial charge in [0.15, 0.2) is 0 Å². The van der Waals surface area contributed by atoms with Gasteiger partial charge in [-0.05, 0) is 30.3 Å². The topological polar surface area (TPSA) is 73.8 Å². The molecule has 150 valence electrons. The van der Waals surface area contributed by atoms with E-state index in [1.54, 1.807) is 7.05 Å². The zero-order chi connectivity index (χ0) is 21.1. The van der Waals surface area contributed by atoms with Crippen LogP contribution < -0.4 is 15.5 Å². The zero-order valence-corrected chi connectivity index (χ0v) is 16.2. The minimum absolute atomic E-state index is 0.373. The first-order valence-corrected chi connectivity index (χ1v) is 9.36. The molecular weight excluding hydrogens is 383 g/mol. The quantitative estimate of drug-likeness (QED) is 0.700. The van der Waals surface area contributed by atoms with E-state index in [2.05, 4.69) is 15.6 Å². The molecule has 30 heavy (non-hydrogen) atoms. The van der Waals surface area contributed by atoms with Crippen molar-refractivity contribution < 1.29 is 14.0 Å². The number of rotatable bonds is 3. The van der Waals surface area contributed by atoms with Crippen molar-refractivity contribution in [3.63, 3.8) is 0 Å². The molecule has 1 unspecified atom stereocenters. The van der Waals surface area contributed by atoms with Gasteiger partial charge < -0.3 is 15.5 Å². The molecule has 0 spiro atoms. The van der Waals surface area contributed by atoms with Gasteiger partial charge in [-0.15, -0.1) is 0 Å². The molecule has 4 rings (SSSR count). The van der Waals surface area contributed by atoms with Crippen LogP contribution in [0.25, 0.3) is 0 Å². The van der Waals surface area contributed by atoms with Gasteiger partial charge in [0.1, 0.15) is 5.82 Å². The molecule has 3 amide bonds. The van der Waals surface area contributed by atoms with Crippen molar-refractivity contribution in [3.8, 4) is 0 Å². The number of halogens is 1. The Morgan fingerprint density at radius 2 is 1.63 bits per heavy atom. The maximum absolute atomic E-state index is 13.1. The molecule has 1 aliphatic rings. The number of benzene rings is 3. The predicted octanol–water partition coefficient (Wildman–Crippen LogP) is 3.79. The van der Waals surface area contributed by atoms with Crippen LogP contribution in [0.2, 0.25) is 0 Å². The van der Waals surface area contributed by atoms with Gasteiger partial charge in [-0.2, -0.15) is 0 Å². The maximum Gasteiger partial charge on any atom is 0.321 e. The first-order valence-electron chi connectivity index (χ1n) is 9.36. The zero-order valence-electron chi connectivity index (χ0n) is 16.2. The molecule has 1 aliphatic heterocycles. The molecule has 0 fully saturated rings. The summed E-state index contributed by atoms with van der Waals surface area (Å²) < 4.78 is 13.1. The number of para-hydroxylation sites is 1. The van der Waals surface area contributed by atoms with Gasteiger partial charge in [-0.1, -0.05) is 48.5 Å². The van der Waals surface area contributed by atoms with Crippen LogP contribution in [0.4, 0.5) is 20.6 Å². The molecule has 6 nitrogen and oxygen atoms in total. The third kappa shape index (κ3) is 3.91. The summed E-state index contributed by atoms with van der Waals surface area (Å²) in [4.78, 5) is 31.6. The molecule has 7 heteroatoms. The number of fused-ring (bicyclic) bond motifs is 1. The van der Waals surface area contributed by atoms with Crippen molar-refractivity contribution in [3.05, 3.63) is 95.8 Å². The summed E-state index contributed by atoms with van der Waals surface area (Å²) in [5, 5.41) is 5.21. The molecular formula is C23H19FN4O2. The molecule has 0 radical (unpaired) electrons. The van der Waals surface area contributed by atoms with Crippen LogP contribution in [0.15, 0.2) is 83.9 Å². The Morgan fingerprint density at radius 1 is 0.967 bits per heavy atom. The monoisotopic (exact) mass is 402 g/mol. The standard InChI is InChI=1S/C23H19FN4O2/c1-28-19-10-6-5-9-18(19)20(15-7-3-2-4-8-15)26-21(22(28)29)27-23(30)25-17-13-11-16(24)12-14-17/h2-14,21H,1H3,(H2,25,27,30).